The third-order valence-electron chi connectivity index (χ3n) is 3.27. The Labute approximate surface area is 145 Å². The molecule has 0 aromatic heterocycles. The van der Waals surface area contributed by atoms with Gasteiger partial charge in [0.05, 0.1) is 10.6 Å². The smallest absolute Gasteiger partial charge is 0.341 e. The molecule has 0 saturated heterocycles. The molecule has 2 aromatic rings. The van der Waals surface area contributed by atoms with Crippen LogP contribution in [0.4, 0.5) is 0 Å². The van der Waals surface area contributed by atoms with Gasteiger partial charge in [-0.3, -0.25) is 0 Å². The van der Waals surface area contributed by atoms with Crippen molar-refractivity contribution in [2.24, 2.45) is 0 Å². The van der Waals surface area contributed by atoms with Crippen LogP contribution in [-0.4, -0.2) is 31.9 Å². The molecule has 0 bridgehead atoms. The molecule has 0 aliphatic rings. The molecule has 0 radical (unpaired) electrons. The van der Waals surface area contributed by atoms with E-state index < -0.39 is 22.4 Å². The predicted octanol–water partition coefficient (Wildman–Crippen LogP) is 3.65. The summed E-state index contributed by atoms with van der Waals surface area (Å²) in [7, 11) is -3.36. The lowest BCUT2D eigenvalue weighted by Gasteiger charge is -2.12. The van der Waals surface area contributed by atoms with Crippen molar-refractivity contribution in [2.75, 3.05) is 12.4 Å². The van der Waals surface area contributed by atoms with Gasteiger partial charge in [-0.15, -0.1) is 0 Å². The Balaban J connectivity index is 2.48. The first kappa shape index (κ1) is 18.3. The molecular weight excluding hydrogens is 352 g/mol. The second kappa shape index (κ2) is 7.68. The highest BCUT2D eigenvalue weighted by molar-refractivity contribution is 7.91. The van der Waals surface area contributed by atoms with Crippen LogP contribution >= 0.6 is 11.6 Å². The molecule has 0 amide bonds. The molecule has 24 heavy (non-hydrogen) atoms. The summed E-state index contributed by atoms with van der Waals surface area (Å²) in [5.41, 5.74) is 1.13. The fourth-order valence-corrected chi connectivity index (χ4v) is 3.77. The number of carbonyl (C=O) groups is 1. The van der Waals surface area contributed by atoms with Crippen LogP contribution in [0, 0.1) is 0 Å². The summed E-state index contributed by atoms with van der Waals surface area (Å²) in [4.78, 5) is 10.9. The van der Waals surface area contributed by atoms with Gasteiger partial charge in [-0.1, -0.05) is 30.7 Å². The number of halogens is 1. The average Bonchev–Trinajstić information content (AvgIpc) is 2.53. The molecular formula is C17H17ClO5S. The number of aliphatic carboxylic acids is 1. The number of benzene rings is 2. The first-order valence-corrected chi connectivity index (χ1v) is 9.34. The molecule has 0 aliphatic carbocycles. The van der Waals surface area contributed by atoms with Crippen molar-refractivity contribution in [3.05, 3.63) is 47.5 Å². The minimum atomic E-state index is -3.36. The molecule has 0 atom stereocenters. The standard InChI is InChI=1S/C17H17ClO5S/c1-2-8-24(21,22)14-5-3-4-12(9-14)15-10-13(18)6-7-16(15)23-11-17(19)20/h3-7,9-10H,2,8,11H2,1H3,(H,19,20). The zero-order valence-electron chi connectivity index (χ0n) is 13.0. The Morgan fingerprint density at radius 3 is 2.62 bits per heavy atom. The van der Waals surface area contributed by atoms with Gasteiger partial charge < -0.3 is 9.84 Å². The zero-order chi connectivity index (χ0) is 17.7. The molecule has 0 fully saturated rings. The number of carboxylic acid groups (broad SMARTS) is 1. The lowest BCUT2D eigenvalue weighted by atomic mass is 10.0. The van der Waals surface area contributed by atoms with Gasteiger partial charge >= 0.3 is 5.97 Å². The lowest BCUT2D eigenvalue weighted by Crippen LogP contribution is -2.10. The maximum atomic E-state index is 12.2. The quantitative estimate of drug-likeness (QED) is 0.806. The minimum absolute atomic E-state index is 0.0639. The summed E-state index contributed by atoms with van der Waals surface area (Å²) in [6, 6.07) is 11.2. The highest BCUT2D eigenvalue weighted by Gasteiger charge is 2.16. The third kappa shape index (κ3) is 4.49. The van der Waals surface area contributed by atoms with Gasteiger partial charge in [0, 0.05) is 10.6 Å². The van der Waals surface area contributed by atoms with Gasteiger partial charge in [0.2, 0.25) is 0 Å². The van der Waals surface area contributed by atoms with Crippen LogP contribution in [0.25, 0.3) is 11.1 Å². The number of hydrogen-bond donors (Lipinski definition) is 1. The molecule has 7 heteroatoms. The van der Waals surface area contributed by atoms with E-state index in [1.165, 1.54) is 6.07 Å². The maximum Gasteiger partial charge on any atom is 0.341 e. The molecule has 0 unspecified atom stereocenters. The molecule has 0 aliphatic heterocycles. The monoisotopic (exact) mass is 368 g/mol. The van der Waals surface area contributed by atoms with Gasteiger partial charge in [0.1, 0.15) is 5.75 Å². The summed E-state index contributed by atoms with van der Waals surface area (Å²) < 4.78 is 29.8. The largest absolute Gasteiger partial charge is 0.481 e. The molecule has 5 nitrogen and oxygen atoms in total. The SMILES string of the molecule is CCCS(=O)(=O)c1cccc(-c2cc(Cl)ccc2OCC(=O)O)c1. The van der Waals surface area contributed by atoms with Crippen LogP contribution in [0.5, 0.6) is 5.75 Å². The van der Waals surface area contributed by atoms with Crippen molar-refractivity contribution >= 4 is 27.4 Å². The van der Waals surface area contributed by atoms with Crippen LogP contribution in [0.3, 0.4) is 0 Å². The Kier molecular flexibility index (Phi) is 5.85. The molecule has 2 rings (SSSR count). The first-order chi connectivity index (χ1) is 11.3. The van der Waals surface area contributed by atoms with Gasteiger partial charge in [-0.05, 0) is 42.3 Å². The van der Waals surface area contributed by atoms with Crippen LogP contribution in [0.15, 0.2) is 47.4 Å². The van der Waals surface area contributed by atoms with E-state index in [0.717, 1.165) is 0 Å². The fourth-order valence-electron chi connectivity index (χ4n) is 2.24. The van der Waals surface area contributed by atoms with E-state index in [9.17, 15) is 13.2 Å². The van der Waals surface area contributed by atoms with Crippen LogP contribution in [0.1, 0.15) is 13.3 Å². The number of rotatable bonds is 7. The highest BCUT2D eigenvalue weighted by Crippen LogP contribution is 2.34. The zero-order valence-corrected chi connectivity index (χ0v) is 14.6. The van der Waals surface area contributed by atoms with Gasteiger partial charge in [0.15, 0.2) is 16.4 Å². The Morgan fingerprint density at radius 1 is 1.21 bits per heavy atom. The number of carboxylic acids is 1. The van der Waals surface area contributed by atoms with E-state index >= 15 is 0 Å². The molecule has 0 heterocycles. The van der Waals surface area contributed by atoms with Crippen molar-refractivity contribution in [1.29, 1.82) is 0 Å². The molecule has 128 valence electrons. The Bertz CT molecular complexity index is 846. The van der Waals surface area contributed by atoms with Crippen molar-refractivity contribution in [3.63, 3.8) is 0 Å². The van der Waals surface area contributed by atoms with E-state index in [4.69, 9.17) is 21.4 Å². The summed E-state index contributed by atoms with van der Waals surface area (Å²) in [5.74, 6) is -0.712. The third-order valence-corrected chi connectivity index (χ3v) is 5.42. The Hall–Kier alpha value is -2.05. The highest BCUT2D eigenvalue weighted by atomic mass is 35.5. The van der Waals surface area contributed by atoms with Crippen LogP contribution in [0.2, 0.25) is 5.02 Å². The van der Waals surface area contributed by atoms with E-state index in [0.29, 0.717) is 28.3 Å². The lowest BCUT2D eigenvalue weighted by molar-refractivity contribution is -0.139. The van der Waals surface area contributed by atoms with Crippen molar-refractivity contribution in [3.8, 4) is 16.9 Å². The van der Waals surface area contributed by atoms with Crippen molar-refractivity contribution in [1.82, 2.24) is 0 Å². The second-order valence-corrected chi connectivity index (χ2v) is 7.72. The summed E-state index contributed by atoms with van der Waals surface area (Å²) in [6.45, 7) is 1.30. The number of sulfone groups is 1. The van der Waals surface area contributed by atoms with Crippen molar-refractivity contribution in [2.45, 2.75) is 18.2 Å². The predicted molar refractivity (Wildman–Crippen MR) is 92.4 cm³/mol. The summed E-state index contributed by atoms with van der Waals surface area (Å²) in [6.07, 6.45) is 0.525. The molecule has 1 N–H and O–H groups in total. The minimum Gasteiger partial charge on any atom is -0.481 e. The first-order valence-electron chi connectivity index (χ1n) is 7.31. The van der Waals surface area contributed by atoms with E-state index in [1.54, 1.807) is 43.3 Å². The summed E-state index contributed by atoms with van der Waals surface area (Å²) >= 11 is 6.02. The second-order valence-electron chi connectivity index (χ2n) is 5.17. The van der Waals surface area contributed by atoms with E-state index in [2.05, 4.69) is 0 Å². The van der Waals surface area contributed by atoms with E-state index in [-0.39, 0.29) is 10.6 Å². The molecule has 0 saturated carbocycles. The normalized spacial score (nSPS) is 11.2. The van der Waals surface area contributed by atoms with Crippen LogP contribution in [-0.2, 0) is 14.6 Å². The number of ether oxygens (including phenoxy) is 1. The van der Waals surface area contributed by atoms with Gasteiger partial charge in [-0.25, -0.2) is 13.2 Å². The maximum absolute atomic E-state index is 12.2. The van der Waals surface area contributed by atoms with Gasteiger partial charge in [-0.2, -0.15) is 0 Å². The number of hydrogen-bond acceptors (Lipinski definition) is 4. The molecule has 0 spiro atoms. The fraction of sp³-hybridized carbons (Fsp3) is 0.235. The Morgan fingerprint density at radius 2 is 1.96 bits per heavy atom. The topological polar surface area (TPSA) is 80.7 Å². The molecule has 2 aromatic carbocycles. The van der Waals surface area contributed by atoms with Gasteiger partial charge in [0.25, 0.3) is 0 Å². The summed E-state index contributed by atoms with van der Waals surface area (Å²) in [5, 5.41) is 9.21. The van der Waals surface area contributed by atoms with Crippen LogP contribution < -0.4 is 4.74 Å². The van der Waals surface area contributed by atoms with Crippen molar-refractivity contribution < 1.29 is 23.1 Å². The van der Waals surface area contributed by atoms with E-state index in [1.807, 2.05) is 0 Å². The average molecular weight is 369 g/mol.